The summed E-state index contributed by atoms with van der Waals surface area (Å²) < 4.78 is 5.42. The van der Waals surface area contributed by atoms with Crippen LogP contribution in [0.5, 0.6) is 0 Å². The number of nitrogens with two attached hydrogens (primary N) is 1. The third-order valence-corrected chi connectivity index (χ3v) is 3.10. The maximum atomic E-state index is 12.3. The Morgan fingerprint density at radius 1 is 1.20 bits per heavy atom. The summed E-state index contributed by atoms with van der Waals surface area (Å²) in [5.74, 6) is -0.332. The predicted molar refractivity (Wildman–Crippen MR) is 77.7 cm³/mol. The van der Waals surface area contributed by atoms with Crippen LogP contribution in [0.15, 0.2) is 24.3 Å². The lowest BCUT2D eigenvalue weighted by Gasteiger charge is -2.33. The second kappa shape index (κ2) is 5.64. The van der Waals surface area contributed by atoms with E-state index < -0.39 is 17.1 Å². The molecule has 0 aliphatic heterocycles. The molecule has 0 aliphatic carbocycles. The summed E-state index contributed by atoms with van der Waals surface area (Å²) in [6, 6.07) is 8.49. The third kappa shape index (κ3) is 3.82. The number of nitrogens with zero attached hydrogens (tertiary/aromatic N) is 1. The molecule has 2 N–H and O–H groups in total. The minimum atomic E-state index is -0.846. The summed E-state index contributed by atoms with van der Waals surface area (Å²) in [5.41, 5.74) is 6.18. The van der Waals surface area contributed by atoms with Crippen LogP contribution in [0.1, 0.15) is 51.8 Å². The van der Waals surface area contributed by atoms with Crippen LogP contribution in [0, 0.1) is 16.7 Å². The fourth-order valence-corrected chi connectivity index (χ4v) is 1.72. The van der Waals surface area contributed by atoms with E-state index in [4.69, 9.17) is 15.7 Å². The molecule has 4 nitrogen and oxygen atoms in total. The van der Waals surface area contributed by atoms with E-state index in [1.807, 2.05) is 20.8 Å². The van der Waals surface area contributed by atoms with Gasteiger partial charge in [0.2, 0.25) is 0 Å². The third-order valence-electron chi connectivity index (χ3n) is 3.10. The first-order valence-electron chi connectivity index (χ1n) is 6.57. The van der Waals surface area contributed by atoms with Gasteiger partial charge in [-0.25, -0.2) is 0 Å². The molecule has 1 aromatic rings. The number of benzene rings is 1. The highest BCUT2D eigenvalue weighted by Crippen LogP contribution is 2.34. The van der Waals surface area contributed by atoms with Crippen LogP contribution in [-0.4, -0.2) is 11.6 Å². The Balaban J connectivity index is 2.95. The van der Waals surface area contributed by atoms with E-state index in [-0.39, 0.29) is 5.97 Å². The Morgan fingerprint density at radius 3 is 2.10 bits per heavy atom. The van der Waals surface area contributed by atoms with Crippen molar-refractivity contribution in [3.05, 3.63) is 35.4 Å². The molecule has 1 rings (SSSR count). The number of hydrogen-bond donors (Lipinski definition) is 1. The zero-order valence-electron chi connectivity index (χ0n) is 12.7. The number of hydrogen-bond acceptors (Lipinski definition) is 4. The number of carbonyl (C=O) groups excluding carboxylic acids is 1. The van der Waals surface area contributed by atoms with Crippen molar-refractivity contribution >= 4 is 5.97 Å². The first-order chi connectivity index (χ1) is 9.08. The molecule has 0 spiro atoms. The normalized spacial score (nSPS) is 13.4. The molecule has 0 aromatic heterocycles. The lowest BCUT2D eigenvalue weighted by Crippen LogP contribution is -2.41. The number of nitriles is 1. The van der Waals surface area contributed by atoms with Gasteiger partial charge in [0.15, 0.2) is 0 Å². The average Bonchev–Trinajstić information content (AvgIpc) is 2.36. The first-order valence-corrected chi connectivity index (χ1v) is 6.57. The number of rotatable bonds is 3. The van der Waals surface area contributed by atoms with E-state index in [0.717, 1.165) is 5.56 Å². The molecule has 0 fully saturated rings. The van der Waals surface area contributed by atoms with Crippen molar-refractivity contribution in [3.8, 4) is 6.07 Å². The standard InChI is InChI=1S/C16H22N2O2/c1-15(2,3)20-14(19)16(4,5)13(18)12-8-6-11(10-17)7-9-12/h6-9,13H,18H2,1-5H3/t13-/m0/s1. The highest BCUT2D eigenvalue weighted by molar-refractivity contribution is 5.77. The number of esters is 1. The Labute approximate surface area is 120 Å². The van der Waals surface area contributed by atoms with E-state index >= 15 is 0 Å². The van der Waals surface area contributed by atoms with Gasteiger partial charge in [-0.15, -0.1) is 0 Å². The number of ether oxygens (including phenoxy) is 1. The van der Waals surface area contributed by atoms with Gasteiger partial charge in [-0.1, -0.05) is 12.1 Å². The van der Waals surface area contributed by atoms with Crippen LogP contribution in [0.4, 0.5) is 0 Å². The number of carbonyl (C=O) groups is 1. The van der Waals surface area contributed by atoms with Gasteiger partial charge < -0.3 is 10.5 Å². The van der Waals surface area contributed by atoms with Crippen molar-refractivity contribution in [1.82, 2.24) is 0 Å². The minimum absolute atomic E-state index is 0.332. The molecule has 20 heavy (non-hydrogen) atoms. The summed E-state index contributed by atoms with van der Waals surface area (Å²) in [5, 5.41) is 8.79. The summed E-state index contributed by atoms with van der Waals surface area (Å²) in [6.07, 6.45) is 0. The van der Waals surface area contributed by atoms with Crippen LogP contribution < -0.4 is 5.73 Å². The van der Waals surface area contributed by atoms with Gasteiger partial charge in [0, 0.05) is 6.04 Å². The van der Waals surface area contributed by atoms with Crippen LogP contribution in [0.25, 0.3) is 0 Å². The zero-order valence-corrected chi connectivity index (χ0v) is 12.7. The summed E-state index contributed by atoms with van der Waals surface area (Å²) >= 11 is 0. The highest BCUT2D eigenvalue weighted by Gasteiger charge is 2.38. The lowest BCUT2D eigenvalue weighted by atomic mass is 9.80. The Bertz CT molecular complexity index is 519. The van der Waals surface area contributed by atoms with Gasteiger partial charge in [-0.05, 0) is 52.3 Å². The predicted octanol–water partition coefficient (Wildman–Crippen LogP) is 2.93. The van der Waals surface area contributed by atoms with Gasteiger partial charge in [-0.3, -0.25) is 4.79 Å². The van der Waals surface area contributed by atoms with Crippen LogP contribution in [0.3, 0.4) is 0 Å². The quantitative estimate of drug-likeness (QED) is 0.860. The smallest absolute Gasteiger partial charge is 0.313 e. The van der Waals surface area contributed by atoms with Gasteiger partial charge >= 0.3 is 5.97 Å². The van der Waals surface area contributed by atoms with E-state index in [0.29, 0.717) is 5.56 Å². The summed E-state index contributed by atoms with van der Waals surface area (Å²) in [7, 11) is 0. The Kier molecular flexibility index (Phi) is 4.57. The molecule has 0 unspecified atom stereocenters. The highest BCUT2D eigenvalue weighted by atomic mass is 16.6. The molecule has 4 heteroatoms. The molecule has 1 aromatic carbocycles. The molecule has 0 amide bonds. The maximum absolute atomic E-state index is 12.3. The SMILES string of the molecule is CC(C)(C)OC(=O)C(C)(C)[C@@H](N)c1ccc(C#N)cc1. The molecular weight excluding hydrogens is 252 g/mol. The zero-order chi connectivity index (χ0) is 15.6. The molecule has 0 heterocycles. The van der Waals surface area contributed by atoms with Crippen molar-refractivity contribution in [2.45, 2.75) is 46.3 Å². The molecule has 0 bridgehead atoms. The van der Waals surface area contributed by atoms with Crippen molar-refractivity contribution in [2.75, 3.05) is 0 Å². The van der Waals surface area contributed by atoms with Crippen molar-refractivity contribution in [1.29, 1.82) is 5.26 Å². The van der Waals surface area contributed by atoms with Crippen molar-refractivity contribution in [3.63, 3.8) is 0 Å². The van der Waals surface area contributed by atoms with Crippen LogP contribution in [0.2, 0.25) is 0 Å². The summed E-state index contributed by atoms with van der Waals surface area (Å²) in [4.78, 5) is 12.3. The average molecular weight is 274 g/mol. The van der Waals surface area contributed by atoms with Crippen LogP contribution in [-0.2, 0) is 9.53 Å². The van der Waals surface area contributed by atoms with Crippen molar-refractivity contribution in [2.24, 2.45) is 11.1 Å². The molecular formula is C16H22N2O2. The second-order valence-electron chi connectivity index (χ2n) is 6.44. The van der Waals surface area contributed by atoms with Gasteiger partial charge in [-0.2, -0.15) is 5.26 Å². The lowest BCUT2D eigenvalue weighted by molar-refractivity contribution is -0.167. The van der Waals surface area contributed by atoms with E-state index in [2.05, 4.69) is 6.07 Å². The van der Waals surface area contributed by atoms with Crippen molar-refractivity contribution < 1.29 is 9.53 Å². The Hall–Kier alpha value is -1.86. The van der Waals surface area contributed by atoms with E-state index in [1.165, 1.54) is 0 Å². The van der Waals surface area contributed by atoms with Gasteiger partial charge in [0.25, 0.3) is 0 Å². The van der Waals surface area contributed by atoms with Crippen LogP contribution >= 0.6 is 0 Å². The molecule has 0 aliphatic rings. The maximum Gasteiger partial charge on any atom is 0.313 e. The second-order valence-corrected chi connectivity index (χ2v) is 6.44. The summed E-state index contributed by atoms with van der Waals surface area (Å²) in [6.45, 7) is 9.02. The molecule has 0 radical (unpaired) electrons. The topological polar surface area (TPSA) is 76.1 Å². The van der Waals surface area contributed by atoms with Gasteiger partial charge in [0.05, 0.1) is 17.0 Å². The molecule has 108 valence electrons. The fraction of sp³-hybridized carbons (Fsp3) is 0.500. The van der Waals surface area contributed by atoms with E-state index in [9.17, 15) is 4.79 Å². The molecule has 0 saturated heterocycles. The Morgan fingerprint density at radius 2 is 1.70 bits per heavy atom. The fourth-order valence-electron chi connectivity index (χ4n) is 1.72. The first kappa shape index (κ1) is 16.2. The molecule has 0 saturated carbocycles. The molecule has 1 atom stereocenters. The van der Waals surface area contributed by atoms with Gasteiger partial charge in [0.1, 0.15) is 5.60 Å². The monoisotopic (exact) mass is 274 g/mol. The largest absolute Gasteiger partial charge is 0.460 e. The van der Waals surface area contributed by atoms with E-state index in [1.54, 1.807) is 38.1 Å². The minimum Gasteiger partial charge on any atom is -0.460 e.